The molecule has 1 N–H and O–H groups in total. The maximum Gasteiger partial charge on any atom is 0.349 e. The van der Waals surface area contributed by atoms with E-state index in [0.717, 1.165) is 16.9 Å². The fourth-order valence-corrected chi connectivity index (χ4v) is 2.43. The van der Waals surface area contributed by atoms with Gasteiger partial charge in [-0.3, -0.25) is 10.1 Å². The summed E-state index contributed by atoms with van der Waals surface area (Å²) in [6, 6.07) is 6.59. The lowest BCUT2D eigenvalue weighted by molar-refractivity contribution is -0.111. The summed E-state index contributed by atoms with van der Waals surface area (Å²) in [5.74, 6) is -1.32. The molecule has 8 heteroatoms. The van der Waals surface area contributed by atoms with Crippen LogP contribution in [0.2, 0.25) is 0 Å². The van der Waals surface area contributed by atoms with E-state index in [9.17, 15) is 14.4 Å². The molecule has 1 aromatic heterocycles. The van der Waals surface area contributed by atoms with Crippen LogP contribution in [-0.4, -0.2) is 37.0 Å². The molecule has 0 aliphatic heterocycles. The third kappa shape index (κ3) is 4.50. The largest absolute Gasteiger partial charge is 0.465 e. The minimum Gasteiger partial charge on any atom is -0.465 e. The van der Waals surface area contributed by atoms with E-state index in [1.54, 1.807) is 30.3 Å². The van der Waals surface area contributed by atoms with Crippen LogP contribution in [-0.2, 0) is 14.3 Å². The summed E-state index contributed by atoms with van der Waals surface area (Å²) in [6.45, 7) is 0. The number of hydrogen-bond donors (Lipinski definition) is 1. The molecule has 2 aromatic rings. The van der Waals surface area contributed by atoms with Crippen molar-refractivity contribution in [3.05, 3.63) is 52.5 Å². The second-order valence-electron chi connectivity index (χ2n) is 4.46. The smallest absolute Gasteiger partial charge is 0.349 e. The number of thiazole rings is 1. The maximum absolute atomic E-state index is 11.8. The number of benzene rings is 1. The van der Waals surface area contributed by atoms with Gasteiger partial charge in [-0.1, -0.05) is 23.5 Å². The van der Waals surface area contributed by atoms with Gasteiger partial charge in [-0.15, -0.1) is 0 Å². The van der Waals surface area contributed by atoms with Crippen LogP contribution in [0.1, 0.15) is 25.6 Å². The summed E-state index contributed by atoms with van der Waals surface area (Å²) in [4.78, 5) is 38.7. The molecule has 0 spiro atoms. The van der Waals surface area contributed by atoms with Gasteiger partial charge in [-0.05, 0) is 23.8 Å². The standard InChI is InChI=1S/C16H14N2O5S/c1-22-14(20)11-6-3-10(4-7-11)5-8-13(19)18-16-17-9-12(24-16)15(21)23-2/h3-9H,1-2H3,(H,17,18,19)/b8-5+. The Bertz CT molecular complexity index is 780. The van der Waals surface area contributed by atoms with Gasteiger partial charge < -0.3 is 9.47 Å². The summed E-state index contributed by atoms with van der Waals surface area (Å²) in [7, 11) is 2.58. The molecule has 0 unspecified atom stereocenters. The first-order chi connectivity index (χ1) is 11.5. The van der Waals surface area contributed by atoms with Crippen molar-refractivity contribution in [2.45, 2.75) is 0 Å². The van der Waals surface area contributed by atoms with Crippen LogP contribution in [0.4, 0.5) is 5.13 Å². The van der Waals surface area contributed by atoms with Gasteiger partial charge in [-0.2, -0.15) is 0 Å². The Hall–Kier alpha value is -3.00. The average Bonchev–Trinajstić information content (AvgIpc) is 3.07. The van der Waals surface area contributed by atoms with E-state index < -0.39 is 17.8 Å². The normalized spacial score (nSPS) is 10.4. The second kappa shape index (κ2) is 8.02. The highest BCUT2D eigenvalue weighted by Gasteiger charge is 2.11. The molecule has 124 valence electrons. The van der Waals surface area contributed by atoms with Crippen LogP contribution in [0.25, 0.3) is 6.08 Å². The minimum atomic E-state index is -0.505. The number of esters is 2. The molecule has 0 aliphatic carbocycles. The van der Waals surface area contributed by atoms with Crippen molar-refractivity contribution >= 4 is 40.4 Å². The Balaban J connectivity index is 1.96. The molecule has 0 saturated carbocycles. The van der Waals surface area contributed by atoms with Crippen LogP contribution in [0, 0.1) is 0 Å². The molecule has 0 fully saturated rings. The molecule has 0 saturated heterocycles. The monoisotopic (exact) mass is 346 g/mol. The molecule has 2 rings (SSSR count). The van der Waals surface area contributed by atoms with Crippen LogP contribution < -0.4 is 5.32 Å². The highest BCUT2D eigenvalue weighted by molar-refractivity contribution is 7.17. The Morgan fingerprint density at radius 2 is 1.75 bits per heavy atom. The molecule has 1 heterocycles. The van der Waals surface area contributed by atoms with Gasteiger partial charge in [0.25, 0.3) is 0 Å². The molecule has 1 aromatic carbocycles. The zero-order valence-corrected chi connectivity index (χ0v) is 13.8. The topological polar surface area (TPSA) is 94.6 Å². The maximum atomic E-state index is 11.8. The summed E-state index contributed by atoms with van der Waals surface area (Å²) in [5, 5.41) is 2.85. The lowest BCUT2D eigenvalue weighted by Gasteiger charge is -1.99. The van der Waals surface area contributed by atoms with Crippen molar-refractivity contribution in [3.63, 3.8) is 0 Å². The summed E-state index contributed by atoms with van der Waals surface area (Å²) < 4.78 is 9.17. The van der Waals surface area contributed by atoms with Crippen molar-refractivity contribution in [1.82, 2.24) is 4.98 Å². The highest BCUT2D eigenvalue weighted by atomic mass is 32.1. The molecule has 24 heavy (non-hydrogen) atoms. The van der Waals surface area contributed by atoms with Gasteiger partial charge in [0.2, 0.25) is 5.91 Å². The first kappa shape index (κ1) is 17.4. The average molecular weight is 346 g/mol. The van der Waals surface area contributed by atoms with Crippen molar-refractivity contribution in [2.75, 3.05) is 19.5 Å². The number of nitrogens with one attached hydrogen (secondary N) is 1. The van der Waals surface area contributed by atoms with E-state index in [1.165, 1.54) is 26.5 Å². The molecule has 1 amide bonds. The zero-order chi connectivity index (χ0) is 17.5. The number of rotatable bonds is 5. The Labute approximate surface area is 141 Å². The third-order valence-electron chi connectivity index (χ3n) is 2.88. The lowest BCUT2D eigenvalue weighted by Crippen LogP contribution is -2.07. The van der Waals surface area contributed by atoms with Crippen LogP contribution in [0.5, 0.6) is 0 Å². The summed E-state index contributed by atoms with van der Waals surface area (Å²) in [5.41, 5.74) is 1.17. The van der Waals surface area contributed by atoms with E-state index in [2.05, 4.69) is 19.8 Å². The molecule has 0 atom stereocenters. The van der Waals surface area contributed by atoms with Gasteiger partial charge in [0, 0.05) is 6.08 Å². The number of hydrogen-bond acceptors (Lipinski definition) is 7. The number of aromatic nitrogens is 1. The van der Waals surface area contributed by atoms with Crippen molar-refractivity contribution in [2.24, 2.45) is 0 Å². The van der Waals surface area contributed by atoms with Gasteiger partial charge in [0.1, 0.15) is 4.88 Å². The first-order valence-corrected chi connectivity index (χ1v) is 7.56. The molecular formula is C16H14N2O5S. The minimum absolute atomic E-state index is 0.297. The molecule has 0 bridgehead atoms. The van der Waals surface area contributed by atoms with Crippen LogP contribution >= 0.6 is 11.3 Å². The number of anilines is 1. The second-order valence-corrected chi connectivity index (χ2v) is 5.49. The van der Waals surface area contributed by atoms with Gasteiger partial charge in [0.15, 0.2) is 5.13 Å². The highest BCUT2D eigenvalue weighted by Crippen LogP contribution is 2.18. The van der Waals surface area contributed by atoms with Crippen LogP contribution in [0.3, 0.4) is 0 Å². The third-order valence-corrected chi connectivity index (χ3v) is 3.77. The molecular weight excluding hydrogens is 332 g/mol. The van der Waals surface area contributed by atoms with E-state index >= 15 is 0 Å². The number of methoxy groups -OCH3 is 2. The van der Waals surface area contributed by atoms with Gasteiger partial charge in [-0.25, -0.2) is 14.6 Å². The number of amides is 1. The molecule has 0 radical (unpaired) electrons. The Morgan fingerprint density at radius 3 is 2.38 bits per heavy atom. The number of nitrogens with zero attached hydrogens (tertiary/aromatic N) is 1. The van der Waals surface area contributed by atoms with Crippen molar-refractivity contribution in [3.8, 4) is 0 Å². The number of carbonyl (C=O) groups excluding carboxylic acids is 3. The quantitative estimate of drug-likeness (QED) is 0.660. The SMILES string of the molecule is COC(=O)c1ccc(/C=C/C(=O)Nc2ncc(C(=O)OC)s2)cc1. The summed E-state index contributed by atoms with van der Waals surface area (Å²) >= 11 is 1.02. The van der Waals surface area contributed by atoms with Gasteiger partial charge >= 0.3 is 11.9 Å². The van der Waals surface area contributed by atoms with E-state index in [4.69, 9.17) is 0 Å². The number of carbonyl (C=O) groups is 3. The van der Waals surface area contributed by atoms with E-state index in [-0.39, 0.29) is 0 Å². The molecule has 7 nitrogen and oxygen atoms in total. The zero-order valence-electron chi connectivity index (χ0n) is 12.9. The Kier molecular flexibility index (Phi) is 5.80. The summed E-state index contributed by atoms with van der Waals surface area (Å²) in [6.07, 6.45) is 4.25. The van der Waals surface area contributed by atoms with Gasteiger partial charge in [0.05, 0.1) is 26.0 Å². The first-order valence-electron chi connectivity index (χ1n) is 6.75. The van der Waals surface area contributed by atoms with Crippen molar-refractivity contribution in [1.29, 1.82) is 0 Å². The predicted octanol–water partition coefficient (Wildman–Crippen LogP) is 2.37. The van der Waals surface area contributed by atoms with Crippen LogP contribution in [0.15, 0.2) is 36.5 Å². The van der Waals surface area contributed by atoms with E-state index in [0.29, 0.717) is 15.6 Å². The van der Waals surface area contributed by atoms with E-state index in [1.807, 2.05) is 0 Å². The fraction of sp³-hybridized carbons (Fsp3) is 0.125. The fourth-order valence-electron chi connectivity index (χ4n) is 1.69. The Morgan fingerprint density at radius 1 is 1.08 bits per heavy atom. The number of ether oxygens (including phenoxy) is 2. The molecule has 0 aliphatic rings. The predicted molar refractivity (Wildman–Crippen MR) is 88.9 cm³/mol. The van der Waals surface area contributed by atoms with Crippen molar-refractivity contribution < 1.29 is 23.9 Å². The lowest BCUT2D eigenvalue weighted by atomic mass is 10.1.